The average molecular weight is 471 g/mol. The minimum Gasteiger partial charge on any atom is -0.321 e. The highest BCUT2D eigenvalue weighted by molar-refractivity contribution is 5.81. The van der Waals surface area contributed by atoms with Gasteiger partial charge >= 0.3 is 0 Å². The van der Waals surface area contributed by atoms with Crippen LogP contribution in [0.1, 0.15) is 79.2 Å². The number of nitrogens with one attached hydrogen (secondary N) is 1. The van der Waals surface area contributed by atoms with Gasteiger partial charge in [-0.3, -0.25) is 9.69 Å². The van der Waals surface area contributed by atoms with E-state index in [1.54, 1.807) is 0 Å². The SMILES string of the molecule is CCC(c1nnnn1C1CCCC1)N(Cc1ccc(C)cc1)Cc1cc2cccc(C)c2[nH]c1=O. The van der Waals surface area contributed by atoms with Gasteiger partial charge in [0.25, 0.3) is 5.56 Å². The van der Waals surface area contributed by atoms with Gasteiger partial charge in [-0.15, -0.1) is 5.10 Å². The normalized spacial score (nSPS) is 15.3. The summed E-state index contributed by atoms with van der Waals surface area (Å²) in [5, 5.41) is 14.0. The molecule has 0 radical (unpaired) electrons. The van der Waals surface area contributed by atoms with Crippen molar-refractivity contribution < 1.29 is 0 Å². The van der Waals surface area contributed by atoms with Crippen molar-refractivity contribution in [3.8, 4) is 0 Å². The summed E-state index contributed by atoms with van der Waals surface area (Å²) in [5.74, 6) is 0.902. The van der Waals surface area contributed by atoms with Crippen molar-refractivity contribution in [2.24, 2.45) is 0 Å². The van der Waals surface area contributed by atoms with Gasteiger partial charge in [-0.1, -0.05) is 67.8 Å². The number of benzene rings is 2. The van der Waals surface area contributed by atoms with E-state index < -0.39 is 0 Å². The number of aromatic nitrogens is 5. The molecule has 35 heavy (non-hydrogen) atoms. The first kappa shape index (κ1) is 23.4. The fraction of sp³-hybridized carbons (Fsp3) is 0.429. The molecule has 7 heteroatoms. The van der Waals surface area contributed by atoms with E-state index in [0.29, 0.717) is 19.1 Å². The number of hydrogen-bond donors (Lipinski definition) is 1. The molecule has 2 aromatic heterocycles. The van der Waals surface area contributed by atoms with Gasteiger partial charge in [0.05, 0.1) is 17.6 Å². The van der Waals surface area contributed by atoms with E-state index in [2.05, 4.69) is 74.3 Å². The Balaban J connectivity index is 1.53. The van der Waals surface area contributed by atoms with Gasteiger partial charge in [0, 0.05) is 18.7 Å². The molecule has 4 aromatic rings. The van der Waals surface area contributed by atoms with Gasteiger partial charge in [-0.25, -0.2) is 4.68 Å². The molecule has 1 aliphatic rings. The molecule has 0 spiro atoms. The molecule has 1 saturated carbocycles. The molecule has 7 nitrogen and oxygen atoms in total. The van der Waals surface area contributed by atoms with Crippen molar-refractivity contribution in [2.45, 2.75) is 78.0 Å². The van der Waals surface area contributed by atoms with Crippen LogP contribution < -0.4 is 5.56 Å². The Labute approximate surface area is 206 Å². The van der Waals surface area contributed by atoms with Crippen LogP contribution in [-0.4, -0.2) is 30.1 Å². The number of hydrogen-bond acceptors (Lipinski definition) is 5. The third-order valence-electron chi connectivity index (χ3n) is 7.36. The van der Waals surface area contributed by atoms with Gasteiger partial charge in [0.1, 0.15) is 0 Å². The summed E-state index contributed by atoms with van der Waals surface area (Å²) in [6.45, 7) is 7.53. The van der Waals surface area contributed by atoms with Crippen molar-refractivity contribution in [2.75, 3.05) is 0 Å². The molecule has 1 N–H and O–H groups in total. The number of rotatable bonds is 8. The lowest BCUT2D eigenvalue weighted by molar-refractivity contribution is 0.158. The predicted molar refractivity (Wildman–Crippen MR) is 138 cm³/mol. The second kappa shape index (κ2) is 10.1. The Morgan fingerprint density at radius 2 is 1.86 bits per heavy atom. The van der Waals surface area contributed by atoms with Crippen LogP contribution in [0.2, 0.25) is 0 Å². The Hall–Kier alpha value is -3.32. The molecule has 0 amide bonds. The van der Waals surface area contributed by atoms with Crippen molar-refractivity contribution in [3.63, 3.8) is 0 Å². The van der Waals surface area contributed by atoms with Crippen LogP contribution in [0, 0.1) is 13.8 Å². The van der Waals surface area contributed by atoms with Gasteiger partial charge in [-0.05, 0) is 66.1 Å². The fourth-order valence-electron chi connectivity index (χ4n) is 5.40. The van der Waals surface area contributed by atoms with Gasteiger partial charge in [0.2, 0.25) is 0 Å². The molecule has 1 atom stereocenters. The summed E-state index contributed by atoms with van der Waals surface area (Å²) < 4.78 is 2.05. The molecule has 2 aromatic carbocycles. The van der Waals surface area contributed by atoms with Crippen LogP contribution in [0.15, 0.2) is 53.3 Å². The van der Waals surface area contributed by atoms with Crippen LogP contribution >= 0.6 is 0 Å². The summed E-state index contributed by atoms with van der Waals surface area (Å²) in [7, 11) is 0. The monoisotopic (exact) mass is 470 g/mol. The highest BCUT2D eigenvalue weighted by atomic mass is 16.1. The quantitative estimate of drug-likeness (QED) is 0.373. The zero-order valence-electron chi connectivity index (χ0n) is 20.9. The molecule has 1 aliphatic carbocycles. The maximum atomic E-state index is 13.2. The van der Waals surface area contributed by atoms with Crippen LogP contribution in [0.25, 0.3) is 10.9 Å². The zero-order valence-corrected chi connectivity index (χ0v) is 20.9. The lowest BCUT2D eigenvalue weighted by Crippen LogP contribution is -2.32. The number of nitrogens with zero attached hydrogens (tertiary/aromatic N) is 5. The number of fused-ring (bicyclic) bond motifs is 1. The lowest BCUT2D eigenvalue weighted by atomic mass is 10.1. The minimum absolute atomic E-state index is 0.000454. The summed E-state index contributed by atoms with van der Waals surface area (Å²) in [5.41, 5.74) is 5.15. The third kappa shape index (κ3) is 4.91. The summed E-state index contributed by atoms with van der Waals surface area (Å²) >= 11 is 0. The van der Waals surface area contributed by atoms with Crippen molar-refractivity contribution >= 4 is 10.9 Å². The Bertz CT molecular complexity index is 1350. The lowest BCUT2D eigenvalue weighted by Gasteiger charge is -2.31. The van der Waals surface area contributed by atoms with E-state index in [4.69, 9.17) is 0 Å². The van der Waals surface area contributed by atoms with Crippen LogP contribution in [0.4, 0.5) is 0 Å². The van der Waals surface area contributed by atoms with Crippen LogP contribution in [-0.2, 0) is 13.1 Å². The van der Waals surface area contributed by atoms with E-state index in [0.717, 1.165) is 47.1 Å². The maximum Gasteiger partial charge on any atom is 0.252 e. The van der Waals surface area contributed by atoms with E-state index in [1.807, 2.05) is 25.1 Å². The second-order valence-electron chi connectivity index (χ2n) is 9.90. The van der Waals surface area contributed by atoms with E-state index in [-0.39, 0.29) is 11.6 Å². The minimum atomic E-state index is -0.0362. The first-order valence-electron chi connectivity index (χ1n) is 12.7. The van der Waals surface area contributed by atoms with E-state index in [1.165, 1.54) is 24.0 Å². The number of aromatic amines is 1. The Morgan fingerprint density at radius 3 is 2.60 bits per heavy atom. The number of aryl methyl sites for hydroxylation is 2. The highest BCUT2D eigenvalue weighted by Crippen LogP contribution is 2.33. The maximum absolute atomic E-state index is 13.2. The molecular formula is C28H34N6O. The predicted octanol–water partition coefficient (Wildman–Crippen LogP) is 5.40. The van der Waals surface area contributed by atoms with Crippen LogP contribution in [0.5, 0.6) is 0 Å². The highest BCUT2D eigenvalue weighted by Gasteiger charge is 2.29. The first-order chi connectivity index (χ1) is 17.0. The topological polar surface area (TPSA) is 79.7 Å². The van der Waals surface area contributed by atoms with Crippen LogP contribution in [0.3, 0.4) is 0 Å². The van der Waals surface area contributed by atoms with Crippen molar-refractivity contribution in [1.29, 1.82) is 0 Å². The molecule has 0 saturated heterocycles. The molecule has 0 aliphatic heterocycles. The summed E-state index contributed by atoms with van der Waals surface area (Å²) in [6, 6.07) is 17.1. The van der Waals surface area contributed by atoms with Crippen molar-refractivity contribution in [1.82, 2.24) is 30.1 Å². The van der Waals surface area contributed by atoms with Crippen molar-refractivity contribution in [3.05, 3.63) is 87.0 Å². The van der Waals surface area contributed by atoms with E-state index >= 15 is 0 Å². The molecule has 5 rings (SSSR count). The summed E-state index contributed by atoms with van der Waals surface area (Å²) in [4.78, 5) is 18.6. The Kier molecular flexibility index (Phi) is 6.77. The van der Waals surface area contributed by atoms with Gasteiger partial charge in [-0.2, -0.15) is 0 Å². The largest absolute Gasteiger partial charge is 0.321 e. The standard InChI is InChI=1S/C28H34N6O/c1-4-25(27-30-31-32-34(27)24-10-5-6-11-24)33(17-21-14-12-19(2)13-15-21)18-23-16-22-9-7-8-20(3)26(22)29-28(23)35/h7-9,12-16,24-25H,4-6,10-11,17-18H2,1-3H3,(H,29,35). The molecule has 1 fully saturated rings. The number of pyridine rings is 1. The first-order valence-corrected chi connectivity index (χ1v) is 12.7. The molecule has 2 heterocycles. The molecule has 1 unspecified atom stereocenters. The molecule has 0 bridgehead atoms. The smallest absolute Gasteiger partial charge is 0.252 e. The number of para-hydroxylation sites is 1. The van der Waals surface area contributed by atoms with Gasteiger partial charge in [0.15, 0.2) is 5.82 Å². The molecule has 182 valence electrons. The third-order valence-corrected chi connectivity index (χ3v) is 7.36. The van der Waals surface area contributed by atoms with Gasteiger partial charge < -0.3 is 4.98 Å². The summed E-state index contributed by atoms with van der Waals surface area (Å²) in [6.07, 6.45) is 5.54. The number of H-pyrrole nitrogens is 1. The fourth-order valence-corrected chi connectivity index (χ4v) is 5.40. The van der Waals surface area contributed by atoms with E-state index in [9.17, 15) is 4.79 Å². The molecular weight excluding hydrogens is 436 g/mol. The second-order valence-corrected chi connectivity index (χ2v) is 9.90. The number of tetrazole rings is 1. The zero-order chi connectivity index (χ0) is 24.4. The Morgan fingerprint density at radius 1 is 1.09 bits per heavy atom. The average Bonchev–Trinajstić information content (AvgIpc) is 3.54.